The minimum atomic E-state index is -0.725. The maximum atomic E-state index is 13.6. The highest BCUT2D eigenvalue weighted by atomic mass is 19.1. The highest BCUT2D eigenvalue weighted by Crippen LogP contribution is 2.20. The third-order valence-electron chi connectivity index (χ3n) is 4.28. The Labute approximate surface area is 144 Å². The number of halogens is 2. The first-order valence-electron chi connectivity index (χ1n) is 8.48. The molecule has 25 heavy (non-hydrogen) atoms. The van der Waals surface area contributed by atoms with E-state index >= 15 is 0 Å². The minimum Gasteiger partial charge on any atom is -0.348 e. The van der Waals surface area contributed by atoms with E-state index in [2.05, 4.69) is 20.8 Å². The SMILES string of the molecule is O=C(NC1CCCCCC1)c1ccc(Nc2ccc(F)cc2F)nn1. The molecule has 3 rings (SSSR count). The van der Waals surface area contributed by atoms with Gasteiger partial charge in [-0.05, 0) is 37.1 Å². The molecule has 1 heterocycles. The van der Waals surface area contributed by atoms with E-state index < -0.39 is 11.6 Å². The van der Waals surface area contributed by atoms with Crippen LogP contribution in [0.2, 0.25) is 0 Å². The number of carbonyl (C=O) groups is 1. The van der Waals surface area contributed by atoms with E-state index in [1.807, 2.05) is 0 Å². The lowest BCUT2D eigenvalue weighted by atomic mass is 10.1. The van der Waals surface area contributed by atoms with E-state index in [4.69, 9.17) is 0 Å². The van der Waals surface area contributed by atoms with Crippen molar-refractivity contribution in [3.8, 4) is 0 Å². The van der Waals surface area contributed by atoms with Crippen molar-refractivity contribution in [3.05, 3.63) is 47.7 Å². The lowest BCUT2D eigenvalue weighted by Gasteiger charge is -2.15. The highest BCUT2D eigenvalue weighted by molar-refractivity contribution is 5.92. The Bertz CT molecular complexity index is 728. The fraction of sp³-hybridized carbons (Fsp3) is 0.389. The zero-order valence-corrected chi connectivity index (χ0v) is 13.8. The molecule has 0 saturated heterocycles. The van der Waals surface area contributed by atoms with Crippen LogP contribution in [0.15, 0.2) is 30.3 Å². The normalized spacial score (nSPS) is 15.4. The van der Waals surface area contributed by atoms with Crippen molar-refractivity contribution in [2.24, 2.45) is 0 Å². The number of nitrogens with zero attached hydrogens (tertiary/aromatic N) is 2. The van der Waals surface area contributed by atoms with Crippen molar-refractivity contribution in [3.63, 3.8) is 0 Å². The second kappa shape index (κ2) is 8.00. The van der Waals surface area contributed by atoms with Gasteiger partial charge >= 0.3 is 0 Å². The molecule has 1 amide bonds. The standard InChI is InChI=1S/C18H20F2N4O/c19-12-7-8-15(14(20)11-12)22-17-10-9-16(23-24-17)18(25)21-13-5-3-1-2-4-6-13/h7-11,13H,1-6H2,(H,21,25)(H,22,24). The van der Waals surface area contributed by atoms with E-state index in [-0.39, 0.29) is 29.1 Å². The van der Waals surface area contributed by atoms with E-state index in [0.29, 0.717) is 0 Å². The van der Waals surface area contributed by atoms with E-state index in [1.54, 1.807) is 0 Å². The zero-order chi connectivity index (χ0) is 17.6. The number of aromatic nitrogens is 2. The van der Waals surface area contributed by atoms with Gasteiger partial charge in [-0.3, -0.25) is 4.79 Å². The molecule has 1 saturated carbocycles. The van der Waals surface area contributed by atoms with Gasteiger partial charge in [0.15, 0.2) is 11.5 Å². The third-order valence-corrected chi connectivity index (χ3v) is 4.28. The molecular formula is C18H20F2N4O. The van der Waals surface area contributed by atoms with Crippen LogP contribution in [-0.4, -0.2) is 22.1 Å². The van der Waals surface area contributed by atoms with E-state index in [1.165, 1.54) is 31.0 Å². The molecule has 0 aliphatic heterocycles. The van der Waals surface area contributed by atoms with Crippen molar-refractivity contribution in [2.45, 2.75) is 44.6 Å². The number of amides is 1. The predicted octanol–water partition coefficient (Wildman–Crippen LogP) is 3.95. The van der Waals surface area contributed by atoms with Crippen molar-refractivity contribution < 1.29 is 13.6 Å². The van der Waals surface area contributed by atoms with Crippen LogP contribution in [0.1, 0.15) is 49.0 Å². The van der Waals surface area contributed by atoms with Gasteiger partial charge in [-0.15, -0.1) is 10.2 Å². The van der Waals surface area contributed by atoms with Crippen LogP contribution in [0.4, 0.5) is 20.3 Å². The molecule has 1 aliphatic rings. The Balaban J connectivity index is 1.62. The number of benzene rings is 1. The summed E-state index contributed by atoms with van der Waals surface area (Å²) in [4.78, 5) is 12.3. The highest BCUT2D eigenvalue weighted by Gasteiger charge is 2.17. The number of nitrogens with one attached hydrogen (secondary N) is 2. The largest absolute Gasteiger partial charge is 0.348 e. The summed E-state index contributed by atoms with van der Waals surface area (Å²) in [6.07, 6.45) is 6.66. The number of hydrogen-bond acceptors (Lipinski definition) is 4. The molecule has 0 radical (unpaired) electrons. The third kappa shape index (κ3) is 4.71. The molecule has 0 unspecified atom stereocenters. The van der Waals surface area contributed by atoms with Gasteiger partial charge in [0.2, 0.25) is 0 Å². The van der Waals surface area contributed by atoms with Crippen molar-refractivity contribution in [2.75, 3.05) is 5.32 Å². The molecule has 0 bridgehead atoms. The molecule has 7 heteroatoms. The van der Waals surface area contributed by atoms with Crippen LogP contribution >= 0.6 is 0 Å². The van der Waals surface area contributed by atoms with Gasteiger partial charge in [-0.1, -0.05) is 25.7 Å². The van der Waals surface area contributed by atoms with Crippen LogP contribution < -0.4 is 10.6 Å². The first-order valence-corrected chi connectivity index (χ1v) is 8.48. The monoisotopic (exact) mass is 346 g/mol. The summed E-state index contributed by atoms with van der Waals surface area (Å²) in [6.45, 7) is 0. The molecule has 5 nitrogen and oxygen atoms in total. The van der Waals surface area contributed by atoms with Crippen LogP contribution in [0.25, 0.3) is 0 Å². The first kappa shape index (κ1) is 17.3. The van der Waals surface area contributed by atoms with Crippen LogP contribution in [0.3, 0.4) is 0 Å². The molecule has 1 aromatic carbocycles. The fourth-order valence-corrected chi connectivity index (χ4v) is 2.93. The van der Waals surface area contributed by atoms with Gasteiger partial charge in [-0.2, -0.15) is 0 Å². The topological polar surface area (TPSA) is 66.9 Å². The van der Waals surface area contributed by atoms with Gasteiger partial charge in [0, 0.05) is 12.1 Å². The van der Waals surface area contributed by atoms with Gasteiger partial charge in [0.25, 0.3) is 5.91 Å². The number of rotatable bonds is 4. The molecule has 2 N–H and O–H groups in total. The zero-order valence-electron chi connectivity index (χ0n) is 13.8. The van der Waals surface area contributed by atoms with Crippen LogP contribution in [0, 0.1) is 11.6 Å². The predicted molar refractivity (Wildman–Crippen MR) is 90.6 cm³/mol. The smallest absolute Gasteiger partial charge is 0.272 e. The average molecular weight is 346 g/mol. The lowest BCUT2D eigenvalue weighted by molar-refractivity contribution is 0.0927. The summed E-state index contributed by atoms with van der Waals surface area (Å²) in [5, 5.41) is 13.5. The summed E-state index contributed by atoms with van der Waals surface area (Å²) < 4.78 is 26.5. The summed E-state index contributed by atoms with van der Waals surface area (Å²) in [5.41, 5.74) is 0.306. The number of carbonyl (C=O) groups excluding carboxylic acids is 1. The van der Waals surface area contributed by atoms with Crippen LogP contribution in [0.5, 0.6) is 0 Å². The Hall–Kier alpha value is -2.57. The molecule has 1 fully saturated rings. The Morgan fingerprint density at radius 3 is 2.40 bits per heavy atom. The van der Waals surface area contributed by atoms with Crippen molar-refractivity contribution in [1.29, 1.82) is 0 Å². The van der Waals surface area contributed by atoms with E-state index in [9.17, 15) is 13.6 Å². The molecule has 0 spiro atoms. The van der Waals surface area contributed by atoms with Gasteiger partial charge < -0.3 is 10.6 Å². The molecule has 132 valence electrons. The van der Waals surface area contributed by atoms with E-state index in [0.717, 1.165) is 37.8 Å². The molecular weight excluding hydrogens is 326 g/mol. The molecule has 1 aromatic heterocycles. The maximum absolute atomic E-state index is 13.6. The lowest BCUT2D eigenvalue weighted by Crippen LogP contribution is -2.35. The van der Waals surface area contributed by atoms with Crippen molar-refractivity contribution >= 4 is 17.4 Å². The molecule has 1 aliphatic carbocycles. The molecule has 2 aromatic rings. The number of anilines is 2. The Morgan fingerprint density at radius 2 is 1.76 bits per heavy atom. The maximum Gasteiger partial charge on any atom is 0.272 e. The quantitative estimate of drug-likeness (QED) is 0.823. The Morgan fingerprint density at radius 1 is 1.00 bits per heavy atom. The van der Waals surface area contributed by atoms with Crippen LogP contribution in [-0.2, 0) is 0 Å². The summed E-state index contributed by atoms with van der Waals surface area (Å²) in [5.74, 6) is -1.35. The second-order valence-corrected chi connectivity index (χ2v) is 6.21. The van der Waals surface area contributed by atoms with Crippen molar-refractivity contribution in [1.82, 2.24) is 15.5 Å². The first-order chi connectivity index (χ1) is 12.1. The summed E-state index contributed by atoms with van der Waals surface area (Å²) in [6, 6.07) is 6.46. The van der Waals surface area contributed by atoms with Gasteiger partial charge in [-0.25, -0.2) is 8.78 Å². The van der Waals surface area contributed by atoms with Gasteiger partial charge in [0.1, 0.15) is 11.6 Å². The second-order valence-electron chi connectivity index (χ2n) is 6.21. The fourth-order valence-electron chi connectivity index (χ4n) is 2.93. The molecule has 0 atom stereocenters. The van der Waals surface area contributed by atoms with Gasteiger partial charge in [0.05, 0.1) is 5.69 Å². The Kier molecular flexibility index (Phi) is 5.53. The minimum absolute atomic E-state index is 0.0892. The summed E-state index contributed by atoms with van der Waals surface area (Å²) in [7, 11) is 0. The average Bonchev–Trinajstić information content (AvgIpc) is 2.87. The summed E-state index contributed by atoms with van der Waals surface area (Å²) >= 11 is 0. The number of hydrogen-bond donors (Lipinski definition) is 2.